The molecule has 5 rings (SSSR count). The first-order valence-corrected chi connectivity index (χ1v) is 12.4. The monoisotopic (exact) mass is 542 g/mol. The second-order valence-corrected chi connectivity index (χ2v) is 9.37. The van der Waals surface area contributed by atoms with Crippen LogP contribution in [-0.2, 0) is 0 Å². The van der Waals surface area contributed by atoms with Gasteiger partial charge < -0.3 is 20.1 Å². The normalized spacial score (nSPS) is 13.4. The highest BCUT2D eigenvalue weighted by molar-refractivity contribution is 5.96. The van der Waals surface area contributed by atoms with Crippen molar-refractivity contribution in [2.24, 2.45) is 0 Å². The minimum absolute atomic E-state index is 0.0987. The van der Waals surface area contributed by atoms with Gasteiger partial charge in [0.15, 0.2) is 23.0 Å². The first-order valence-electron chi connectivity index (χ1n) is 12.4. The van der Waals surface area contributed by atoms with E-state index in [4.69, 9.17) is 9.47 Å². The van der Waals surface area contributed by atoms with Crippen molar-refractivity contribution in [1.82, 2.24) is 14.7 Å². The summed E-state index contributed by atoms with van der Waals surface area (Å²) in [6.07, 6.45) is -0.210. The van der Waals surface area contributed by atoms with E-state index in [1.807, 2.05) is 13.0 Å². The van der Waals surface area contributed by atoms with Crippen LogP contribution in [0, 0.1) is 12.7 Å². The van der Waals surface area contributed by atoms with Crippen molar-refractivity contribution < 1.29 is 31.8 Å². The molecule has 0 unspecified atom stereocenters. The number of imidazole rings is 1. The first-order chi connectivity index (χ1) is 18.6. The summed E-state index contributed by atoms with van der Waals surface area (Å²) in [5.74, 6) is -0.538. The number of alkyl halides is 3. The Morgan fingerprint density at radius 3 is 2.67 bits per heavy atom. The predicted molar refractivity (Wildman–Crippen MR) is 138 cm³/mol. The molecule has 0 saturated heterocycles. The zero-order chi connectivity index (χ0) is 27.7. The summed E-state index contributed by atoms with van der Waals surface area (Å²) in [5, 5.41) is 5.77. The van der Waals surface area contributed by atoms with Gasteiger partial charge in [0.1, 0.15) is 5.75 Å². The first kappa shape index (κ1) is 26.3. The number of pyridine rings is 1. The lowest BCUT2D eigenvalue weighted by atomic mass is 10.0. The zero-order valence-corrected chi connectivity index (χ0v) is 21.2. The SMILES string of the molecule is COc1c(F)cccc1Oc1cc(NCCC(F)(F)F)c2ncc(-c3ccc(C(=O)NC4CC4)c(C)c3)n2c1. The van der Waals surface area contributed by atoms with Crippen molar-refractivity contribution in [1.29, 1.82) is 0 Å². The summed E-state index contributed by atoms with van der Waals surface area (Å²) in [5.41, 5.74) is 3.37. The van der Waals surface area contributed by atoms with Crippen LogP contribution in [0.4, 0.5) is 23.2 Å². The molecule has 2 heterocycles. The number of para-hydroxylation sites is 1. The Balaban J connectivity index is 1.53. The molecule has 2 aromatic heterocycles. The Morgan fingerprint density at radius 2 is 1.97 bits per heavy atom. The molecule has 0 aliphatic heterocycles. The van der Waals surface area contributed by atoms with Crippen LogP contribution in [0.2, 0.25) is 0 Å². The van der Waals surface area contributed by atoms with E-state index in [-0.39, 0.29) is 35.7 Å². The average molecular weight is 543 g/mol. The van der Waals surface area contributed by atoms with E-state index in [0.29, 0.717) is 22.6 Å². The number of nitrogens with zero attached hydrogens (tertiary/aromatic N) is 2. The summed E-state index contributed by atoms with van der Waals surface area (Å²) >= 11 is 0. The van der Waals surface area contributed by atoms with E-state index in [9.17, 15) is 22.4 Å². The Kier molecular flexibility index (Phi) is 7.07. The van der Waals surface area contributed by atoms with Crippen molar-refractivity contribution in [3.05, 3.63) is 71.8 Å². The van der Waals surface area contributed by atoms with Crippen molar-refractivity contribution in [3.63, 3.8) is 0 Å². The van der Waals surface area contributed by atoms with E-state index in [1.54, 1.807) is 28.9 Å². The molecule has 204 valence electrons. The molecule has 1 saturated carbocycles. The maximum absolute atomic E-state index is 14.2. The molecule has 2 aromatic carbocycles. The molecular formula is C28H26F4N4O3. The van der Waals surface area contributed by atoms with Crippen LogP contribution in [0.5, 0.6) is 17.2 Å². The topological polar surface area (TPSA) is 76.9 Å². The lowest BCUT2D eigenvalue weighted by molar-refractivity contribution is -0.131. The number of aromatic nitrogens is 2. The van der Waals surface area contributed by atoms with Gasteiger partial charge in [0.05, 0.1) is 37.3 Å². The molecule has 1 aliphatic carbocycles. The van der Waals surface area contributed by atoms with Crippen molar-refractivity contribution in [2.75, 3.05) is 19.0 Å². The van der Waals surface area contributed by atoms with Gasteiger partial charge in [0.2, 0.25) is 0 Å². The number of carbonyl (C=O) groups is 1. The van der Waals surface area contributed by atoms with Gasteiger partial charge >= 0.3 is 6.18 Å². The Bertz CT molecular complexity index is 1530. The van der Waals surface area contributed by atoms with Gasteiger partial charge in [-0.3, -0.25) is 9.20 Å². The highest BCUT2D eigenvalue weighted by atomic mass is 19.4. The maximum atomic E-state index is 14.2. The molecule has 1 aliphatic rings. The number of carbonyl (C=O) groups excluding carboxylic acids is 1. The number of halogens is 4. The molecule has 2 N–H and O–H groups in total. The second kappa shape index (κ2) is 10.5. The molecule has 0 radical (unpaired) electrons. The fourth-order valence-corrected chi connectivity index (χ4v) is 4.26. The van der Waals surface area contributed by atoms with Gasteiger partial charge in [-0.15, -0.1) is 0 Å². The van der Waals surface area contributed by atoms with E-state index in [1.165, 1.54) is 31.4 Å². The highest BCUT2D eigenvalue weighted by Gasteiger charge is 2.27. The Morgan fingerprint density at radius 1 is 1.18 bits per heavy atom. The molecule has 11 heteroatoms. The number of benzene rings is 2. The van der Waals surface area contributed by atoms with Crippen LogP contribution in [-0.4, -0.2) is 41.2 Å². The molecule has 0 atom stereocenters. The lowest BCUT2D eigenvalue weighted by Gasteiger charge is -2.15. The Labute approximate surface area is 221 Å². The fourth-order valence-electron chi connectivity index (χ4n) is 4.26. The Hall–Kier alpha value is -4.28. The number of rotatable bonds is 9. The quantitative estimate of drug-likeness (QED) is 0.236. The van der Waals surface area contributed by atoms with Crippen LogP contribution in [0.1, 0.15) is 35.2 Å². The standard InChI is InChI=1S/C28H26F4N4O3/c1-16-12-17(6-9-20(16)27(37)35-18-7-8-18)23-14-34-26-22(33-11-10-28(30,31)32)13-19(15-36(23)26)39-24-5-3-4-21(29)25(24)38-2/h3-6,9,12-15,18,33H,7-8,10-11H2,1-2H3,(H,35,37). The number of hydrogen-bond donors (Lipinski definition) is 2. The smallest absolute Gasteiger partial charge is 0.390 e. The largest absolute Gasteiger partial charge is 0.490 e. The number of aryl methyl sites for hydroxylation is 1. The number of nitrogens with one attached hydrogen (secondary N) is 2. The summed E-state index contributed by atoms with van der Waals surface area (Å²) in [6.45, 7) is 1.46. The van der Waals surface area contributed by atoms with Gasteiger partial charge in [-0.25, -0.2) is 9.37 Å². The van der Waals surface area contributed by atoms with Crippen molar-refractivity contribution in [3.8, 4) is 28.5 Å². The average Bonchev–Trinajstić information content (AvgIpc) is 3.58. The minimum Gasteiger partial charge on any atom is -0.490 e. The summed E-state index contributed by atoms with van der Waals surface area (Å²) < 4.78 is 65.4. The van der Waals surface area contributed by atoms with Gasteiger partial charge in [-0.05, 0) is 49.6 Å². The third kappa shape index (κ3) is 5.92. The van der Waals surface area contributed by atoms with Gasteiger partial charge in [0, 0.05) is 29.8 Å². The van der Waals surface area contributed by atoms with E-state index in [0.717, 1.165) is 24.0 Å². The number of hydrogen-bond acceptors (Lipinski definition) is 5. The van der Waals surface area contributed by atoms with Crippen molar-refractivity contribution in [2.45, 2.75) is 38.4 Å². The number of ether oxygens (including phenoxy) is 2. The van der Waals surface area contributed by atoms with Crippen LogP contribution >= 0.6 is 0 Å². The summed E-state index contributed by atoms with van der Waals surface area (Å²) in [6, 6.07) is 11.3. The third-order valence-electron chi connectivity index (χ3n) is 6.35. The number of anilines is 1. The summed E-state index contributed by atoms with van der Waals surface area (Å²) in [4.78, 5) is 17.0. The number of fused-ring (bicyclic) bond motifs is 1. The molecule has 0 spiro atoms. The van der Waals surface area contributed by atoms with Gasteiger partial charge in [0.25, 0.3) is 5.91 Å². The fraction of sp³-hybridized carbons (Fsp3) is 0.286. The highest BCUT2D eigenvalue weighted by Crippen LogP contribution is 2.36. The zero-order valence-electron chi connectivity index (χ0n) is 21.2. The van der Waals surface area contributed by atoms with Crippen LogP contribution in [0.3, 0.4) is 0 Å². The minimum atomic E-state index is -4.34. The molecule has 1 amide bonds. The van der Waals surface area contributed by atoms with Crippen LogP contribution in [0.25, 0.3) is 16.9 Å². The van der Waals surface area contributed by atoms with E-state index >= 15 is 0 Å². The maximum Gasteiger partial charge on any atom is 0.390 e. The molecular weight excluding hydrogens is 516 g/mol. The van der Waals surface area contributed by atoms with Crippen LogP contribution in [0.15, 0.2) is 54.9 Å². The molecule has 0 bridgehead atoms. The lowest BCUT2D eigenvalue weighted by Crippen LogP contribution is -2.26. The molecule has 4 aromatic rings. The third-order valence-corrected chi connectivity index (χ3v) is 6.35. The van der Waals surface area contributed by atoms with Crippen LogP contribution < -0.4 is 20.1 Å². The molecule has 7 nitrogen and oxygen atoms in total. The second-order valence-electron chi connectivity index (χ2n) is 9.37. The molecule has 1 fully saturated rings. The van der Waals surface area contributed by atoms with Crippen molar-refractivity contribution >= 4 is 17.2 Å². The number of amides is 1. The van der Waals surface area contributed by atoms with Gasteiger partial charge in [-0.1, -0.05) is 12.1 Å². The summed E-state index contributed by atoms with van der Waals surface area (Å²) in [7, 11) is 1.31. The van der Waals surface area contributed by atoms with Gasteiger partial charge in [-0.2, -0.15) is 13.2 Å². The van der Waals surface area contributed by atoms with E-state index < -0.39 is 18.4 Å². The molecule has 39 heavy (non-hydrogen) atoms. The number of methoxy groups -OCH3 is 1. The van der Waals surface area contributed by atoms with E-state index in [2.05, 4.69) is 15.6 Å². The predicted octanol–water partition coefficient (Wildman–Crippen LogP) is 6.51.